The van der Waals surface area contributed by atoms with E-state index in [2.05, 4.69) is 5.32 Å². The van der Waals surface area contributed by atoms with Crippen molar-refractivity contribution in [2.75, 3.05) is 13.7 Å². The van der Waals surface area contributed by atoms with Crippen molar-refractivity contribution in [2.45, 2.75) is 45.8 Å². The number of rotatable bonds is 8. The molecule has 2 rings (SSSR count). The highest BCUT2D eigenvalue weighted by atomic mass is 35.5. The Bertz CT molecular complexity index is 928. The number of nitrogens with one attached hydrogen (secondary N) is 1. The number of nitrogens with zero attached hydrogens (tertiary/aromatic N) is 1. The number of methoxy groups -OCH3 is 1. The molecule has 2 aromatic carbocycles. The maximum Gasteiger partial charge on any atom is 0.261 e. The van der Waals surface area contributed by atoms with Crippen LogP contribution in [0.25, 0.3) is 0 Å². The number of halogens is 2. The molecule has 0 saturated heterocycles. The van der Waals surface area contributed by atoms with Crippen LogP contribution in [-0.4, -0.2) is 42.0 Å². The summed E-state index contributed by atoms with van der Waals surface area (Å²) in [4.78, 5) is 27.3. The van der Waals surface area contributed by atoms with Crippen molar-refractivity contribution in [2.24, 2.45) is 0 Å². The van der Waals surface area contributed by atoms with E-state index in [4.69, 9.17) is 32.7 Å². The van der Waals surface area contributed by atoms with Crippen molar-refractivity contribution in [3.63, 3.8) is 0 Å². The average molecular weight is 467 g/mol. The number of hydrogen-bond acceptors (Lipinski definition) is 4. The Balaban J connectivity index is 2.22. The first-order chi connectivity index (χ1) is 14.5. The van der Waals surface area contributed by atoms with Crippen molar-refractivity contribution in [1.82, 2.24) is 10.2 Å². The molecule has 0 aliphatic rings. The molecule has 2 aromatic rings. The molecule has 0 spiro atoms. The third-order valence-corrected chi connectivity index (χ3v) is 4.93. The molecule has 2 amide bonds. The van der Waals surface area contributed by atoms with E-state index in [1.54, 1.807) is 26.2 Å². The second kappa shape index (κ2) is 10.7. The molecular weight excluding hydrogens is 439 g/mol. The maximum absolute atomic E-state index is 13.1. The highest BCUT2D eigenvalue weighted by molar-refractivity contribution is 6.35. The lowest BCUT2D eigenvalue weighted by Crippen LogP contribution is -2.53. The van der Waals surface area contributed by atoms with Gasteiger partial charge in [-0.2, -0.15) is 0 Å². The Morgan fingerprint density at radius 1 is 1.13 bits per heavy atom. The van der Waals surface area contributed by atoms with E-state index in [0.717, 1.165) is 5.56 Å². The Morgan fingerprint density at radius 3 is 2.45 bits per heavy atom. The van der Waals surface area contributed by atoms with Crippen LogP contribution in [0.15, 0.2) is 42.5 Å². The molecule has 0 saturated carbocycles. The van der Waals surface area contributed by atoms with Crippen molar-refractivity contribution in [3.05, 3.63) is 58.1 Å². The van der Waals surface area contributed by atoms with Crippen LogP contribution in [0.2, 0.25) is 10.0 Å². The van der Waals surface area contributed by atoms with Crippen LogP contribution in [0.5, 0.6) is 11.5 Å². The number of carbonyl (C=O) groups excluding carboxylic acids is 2. The van der Waals surface area contributed by atoms with E-state index in [1.165, 1.54) is 11.0 Å². The van der Waals surface area contributed by atoms with Gasteiger partial charge in [0, 0.05) is 17.1 Å². The SMILES string of the molecule is COc1cccc(CN(C(=O)COc2ccc(Cl)cc2Cl)[C@H](C)C(=O)NC(C)(C)C)c1. The number of hydrogen-bond donors (Lipinski definition) is 1. The number of ether oxygens (including phenoxy) is 2. The van der Waals surface area contributed by atoms with Gasteiger partial charge in [-0.1, -0.05) is 35.3 Å². The molecule has 168 valence electrons. The van der Waals surface area contributed by atoms with Gasteiger partial charge in [0.1, 0.15) is 17.5 Å². The summed E-state index contributed by atoms with van der Waals surface area (Å²) in [5, 5.41) is 3.69. The molecule has 0 unspecified atom stereocenters. The fourth-order valence-corrected chi connectivity index (χ4v) is 3.30. The molecule has 0 aromatic heterocycles. The first kappa shape index (κ1) is 24.8. The lowest BCUT2D eigenvalue weighted by Gasteiger charge is -2.31. The van der Waals surface area contributed by atoms with E-state index in [1.807, 2.05) is 45.0 Å². The van der Waals surface area contributed by atoms with Crippen LogP contribution < -0.4 is 14.8 Å². The molecule has 0 bridgehead atoms. The quantitative estimate of drug-likeness (QED) is 0.611. The molecule has 0 aliphatic carbocycles. The van der Waals surface area contributed by atoms with Gasteiger partial charge in [-0.05, 0) is 63.6 Å². The molecule has 0 heterocycles. The van der Waals surface area contributed by atoms with Gasteiger partial charge < -0.3 is 19.7 Å². The summed E-state index contributed by atoms with van der Waals surface area (Å²) >= 11 is 12.0. The summed E-state index contributed by atoms with van der Waals surface area (Å²) in [7, 11) is 1.57. The summed E-state index contributed by atoms with van der Waals surface area (Å²) in [5.41, 5.74) is 0.399. The Labute approximate surface area is 193 Å². The zero-order valence-corrected chi connectivity index (χ0v) is 19.9. The van der Waals surface area contributed by atoms with Gasteiger partial charge in [0.15, 0.2) is 6.61 Å². The number of carbonyl (C=O) groups is 2. The third-order valence-electron chi connectivity index (χ3n) is 4.40. The van der Waals surface area contributed by atoms with Gasteiger partial charge in [-0.25, -0.2) is 0 Å². The zero-order chi connectivity index (χ0) is 23.2. The Morgan fingerprint density at radius 2 is 1.84 bits per heavy atom. The highest BCUT2D eigenvalue weighted by Gasteiger charge is 2.29. The summed E-state index contributed by atoms with van der Waals surface area (Å²) < 4.78 is 10.9. The third kappa shape index (κ3) is 7.64. The minimum Gasteiger partial charge on any atom is -0.497 e. The Hall–Kier alpha value is -2.44. The van der Waals surface area contributed by atoms with E-state index in [9.17, 15) is 9.59 Å². The molecule has 1 atom stereocenters. The number of amides is 2. The van der Waals surface area contributed by atoms with Crippen LogP contribution in [-0.2, 0) is 16.1 Å². The zero-order valence-electron chi connectivity index (χ0n) is 18.4. The van der Waals surface area contributed by atoms with E-state index >= 15 is 0 Å². The lowest BCUT2D eigenvalue weighted by molar-refractivity contribution is -0.142. The summed E-state index contributed by atoms with van der Waals surface area (Å²) in [6, 6.07) is 11.4. The molecule has 31 heavy (non-hydrogen) atoms. The second-order valence-corrected chi connectivity index (χ2v) is 9.00. The first-order valence-electron chi connectivity index (χ1n) is 9.82. The van der Waals surface area contributed by atoms with Crippen molar-refractivity contribution < 1.29 is 19.1 Å². The smallest absolute Gasteiger partial charge is 0.261 e. The molecule has 0 fully saturated rings. The highest BCUT2D eigenvalue weighted by Crippen LogP contribution is 2.27. The fourth-order valence-electron chi connectivity index (χ4n) is 2.84. The molecule has 0 radical (unpaired) electrons. The Kier molecular flexibility index (Phi) is 8.60. The van der Waals surface area contributed by atoms with Gasteiger partial charge in [-0.3, -0.25) is 9.59 Å². The monoisotopic (exact) mass is 466 g/mol. The molecule has 1 N–H and O–H groups in total. The van der Waals surface area contributed by atoms with E-state index < -0.39 is 11.6 Å². The van der Waals surface area contributed by atoms with Gasteiger partial charge >= 0.3 is 0 Å². The lowest BCUT2D eigenvalue weighted by atomic mass is 10.1. The van der Waals surface area contributed by atoms with Crippen molar-refractivity contribution >= 4 is 35.0 Å². The van der Waals surface area contributed by atoms with Gasteiger partial charge in [0.05, 0.1) is 12.1 Å². The molecular formula is C23H28Cl2N2O4. The van der Waals surface area contributed by atoms with Crippen molar-refractivity contribution in [3.8, 4) is 11.5 Å². The predicted octanol–water partition coefficient (Wildman–Crippen LogP) is 4.71. The topological polar surface area (TPSA) is 67.9 Å². The molecule has 0 aliphatic heterocycles. The predicted molar refractivity (Wildman–Crippen MR) is 123 cm³/mol. The van der Waals surface area contributed by atoms with Crippen LogP contribution >= 0.6 is 23.2 Å². The normalized spacial score (nSPS) is 12.1. The van der Waals surface area contributed by atoms with Gasteiger partial charge in [0.2, 0.25) is 5.91 Å². The maximum atomic E-state index is 13.1. The minimum absolute atomic E-state index is 0.215. The molecule has 8 heteroatoms. The summed E-state index contributed by atoms with van der Waals surface area (Å²) in [6.45, 7) is 7.28. The average Bonchev–Trinajstić information content (AvgIpc) is 2.69. The fraction of sp³-hybridized carbons (Fsp3) is 0.391. The summed E-state index contributed by atoms with van der Waals surface area (Å²) in [6.07, 6.45) is 0. The van der Waals surface area contributed by atoms with Gasteiger partial charge in [-0.15, -0.1) is 0 Å². The van der Waals surface area contributed by atoms with Crippen LogP contribution in [0.4, 0.5) is 0 Å². The summed E-state index contributed by atoms with van der Waals surface area (Å²) in [5.74, 6) is 0.395. The second-order valence-electron chi connectivity index (χ2n) is 8.15. The molecule has 6 nitrogen and oxygen atoms in total. The largest absolute Gasteiger partial charge is 0.497 e. The van der Waals surface area contributed by atoms with Gasteiger partial charge in [0.25, 0.3) is 5.91 Å². The van der Waals surface area contributed by atoms with Crippen LogP contribution in [0, 0.1) is 0 Å². The van der Waals surface area contributed by atoms with E-state index in [0.29, 0.717) is 21.5 Å². The van der Waals surface area contributed by atoms with E-state index in [-0.39, 0.29) is 25.0 Å². The standard InChI is InChI=1S/C23H28Cl2N2O4/c1-15(22(29)26-23(2,3)4)27(13-16-7-6-8-18(11-16)30-5)21(28)14-31-20-10-9-17(24)12-19(20)25/h6-12,15H,13-14H2,1-5H3,(H,26,29)/t15-/m1/s1. The van der Waals surface area contributed by atoms with Crippen molar-refractivity contribution in [1.29, 1.82) is 0 Å². The number of benzene rings is 2. The minimum atomic E-state index is -0.720. The van der Waals surface area contributed by atoms with Crippen LogP contribution in [0.3, 0.4) is 0 Å². The van der Waals surface area contributed by atoms with Crippen LogP contribution in [0.1, 0.15) is 33.3 Å². The first-order valence-corrected chi connectivity index (χ1v) is 10.6.